The Morgan fingerprint density at radius 3 is 3.09 bits per heavy atom. The number of nitrogens with one attached hydrogen (secondary N) is 1. The topological polar surface area (TPSA) is 29.1 Å². The van der Waals surface area contributed by atoms with E-state index in [-0.39, 0.29) is 5.54 Å². The van der Waals surface area contributed by atoms with Crippen LogP contribution in [0.2, 0.25) is 0 Å². The van der Waals surface area contributed by atoms with Gasteiger partial charge in [-0.15, -0.1) is 0 Å². The predicted octanol–water partition coefficient (Wildman–Crippen LogP) is 1.03. The molecule has 1 unspecified atom stereocenters. The Morgan fingerprint density at radius 1 is 1.55 bits per heavy atom. The molecule has 1 N–H and O–H groups in total. The number of carbonyl (C=O) groups excluding carboxylic acids is 1. The normalized spacial score (nSPS) is 36.9. The van der Waals surface area contributed by atoms with Gasteiger partial charge in [0.2, 0.25) is 0 Å². The Kier molecular flexibility index (Phi) is 1.57. The standard InChI is InChI=1S/C9H13NO/c11-8-4-1-2-5-9(8)6-3-7-10-9/h2,5,10H,1,3-4,6-7H2. The Labute approximate surface area is 66.7 Å². The molecule has 0 saturated carbocycles. The molecule has 11 heavy (non-hydrogen) atoms. The Balaban J connectivity index is 2.26. The molecular weight excluding hydrogens is 138 g/mol. The maximum Gasteiger partial charge on any atom is 0.157 e. The second kappa shape index (κ2) is 2.45. The molecule has 0 aromatic heterocycles. The molecule has 0 bridgehead atoms. The predicted molar refractivity (Wildman–Crippen MR) is 43.3 cm³/mol. The van der Waals surface area contributed by atoms with E-state index in [4.69, 9.17) is 0 Å². The van der Waals surface area contributed by atoms with Crippen LogP contribution in [-0.4, -0.2) is 17.9 Å². The van der Waals surface area contributed by atoms with Crippen molar-refractivity contribution in [3.63, 3.8) is 0 Å². The molecule has 2 nitrogen and oxygen atoms in total. The zero-order valence-electron chi connectivity index (χ0n) is 6.60. The van der Waals surface area contributed by atoms with Crippen LogP contribution in [0.4, 0.5) is 0 Å². The van der Waals surface area contributed by atoms with E-state index >= 15 is 0 Å². The van der Waals surface area contributed by atoms with Crippen LogP contribution in [0.3, 0.4) is 0 Å². The maximum absolute atomic E-state index is 11.5. The lowest BCUT2D eigenvalue weighted by Gasteiger charge is -2.26. The van der Waals surface area contributed by atoms with Gasteiger partial charge in [-0.3, -0.25) is 4.79 Å². The Bertz CT molecular complexity index is 202. The van der Waals surface area contributed by atoms with Crippen LogP contribution in [0, 0.1) is 0 Å². The second-order valence-electron chi connectivity index (χ2n) is 3.37. The average molecular weight is 151 g/mol. The molecule has 1 aliphatic carbocycles. The first kappa shape index (κ1) is 7.04. The van der Waals surface area contributed by atoms with Crippen LogP contribution in [0.1, 0.15) is 25.7 Å². The molecule has 0 amide bonds. The van der Waals surface area contributed by atoms with Gasteiger partial charge in [-0.2, -0.15) is 0 Å². The van der Waals surface area contributed by atoms with Gasteiger partial charge in [-0.25, -0.2) is 0 Å². The molecule has 0 radical (unpaired) electrons. The van der Waals surface area contributed by atoms with Gasteiger partial charge in [0.25, 0.3) is 0 Å². The van der Waals surface area contributed by atoms with E-state index in [9.17, 15) is 4.79 Å². The van der Waals surface area contributed by atoms with Crippen LogP contribution in [-0.2, 0) is 4.79 Å². The number of hydrogen-bond acceptors (Lipinski definition) is 2. The summed E-state index contributed by atoms with van der Waals surface area (Å²) in [7, 11) is 0. The highest BCUT2D eigenvalue weighted by molar-refractivity contribution is 5.92. The minimum absolute atomic E-state index is 0.238. The second-order valence-corrected chi connectivity index (χ2v) is 3.37. The number of hydrogen-bond donors (Lipinski definition) is 1. The summed E-state index contributed by atoms with van der Waals surface area (Å²) >= 11 is 0. The van der Waals surface area contributed by atoms with Gasteiger partial charge in [0.15, 0.2) is 5.78 Å². The molecule has 1 fully saturated rings. The Morgan fingerprint density at radius 2 is 2.45 bits per heavy atom. The molecular formula is C9H13NO. The minimum Gasteiger partial charge on any atom is -0.302 e. The van der Waals surface area contributed by atoms with E-state index in [1.54, 1.807) is 0 Å². The van der Waals surface area contributed by atoms with Crippen LogP contribution >= 0.6 is 0 Å². The van der Waals surface area contributed by atoms with Crippen molar-refractivity contribution in [3.05, 3.63) is 12.2 Å². The SMILES string of the molecule is O=C1CCC=CC12CCCN2. The molecule has 0 aromatic rings. The highest BCUT2D eigenvalue weighted by atomic mass is 16.1. The van der Waals surface area contributed by atoms with Crippen molar-refractivity contribution in [2.24, 2.45) is 0 Å². The van der Waals surface area contributed by atoms with E-state index in [1.807, 2.05) is 0 Å². The number of ketones is 1. The molecule has 1 saturated heterocycles. The average Bonchev–Trinajstić information content (AvgIpc) is 2.46. The first-order valence-corrected chi connectivity index (χ1v) is 4.30. The highest BCUT2D eigenvalue weighted by Gasteiger charge is 2.38. The smallest absolute Gasteiger partial charge is 0.157 e. The third-order valence-corrected chi connectivity index (χ3v) is 2.63. The fourth-order valence-electron chi connectivity index (χ4n) is 1.96. The Hall–Kier alpha value is -0.630. The first-order valence-electron chi connectivity index (χ1n) is 4.30. The molecule has 2 rings (SSSR count). The van der Waals surface area contributed by atoms with Gasteiger partial charge in [-0.1, -0.05) is 12.2 Å². The molecule has 1 heterocycles. The summed E-state index contributed by atoms with van der Waals surface area (Å²) in [6.07, 6.45) is 7.98. The summed E-state index contributed by atoms with van der Waals surface area (Å²) in [5, 5.41) is 3.29. The van der Waals surface area contributed by atoms with Crippen LogP contribution in [0.25, 0.3) is 0 Å². The lowest BCUT2D eigenvalue weighted by Crippen LogP contribution is -2.46. The van der Waals surface area contributed by atoms with Crippen molar-refractivity contribution >= 4 is 5.78 Å². The summed E-state index contributed by atoms with van der Waals surface area (Å²) in [4.78, 5) is 11.5. The largest absolute Gasteiger partial charge is 0.302 e. The van der Waals surface area contributed by atoms with E-state index in [1.165, 1.54) is 0 Å². The van der Waals surface area contributed by atoms with Crippen molar-refractivity contribution in [2.45, 2.75) is 31.2 Å². The monoisotopic (exact) mass is 151 g/mol. The molecule has 2 heteroatoms. The summed E-state index contributed by atoms with van der Waals surface area (Å²) in [5.41, 5.74) is -0.238. The molecule has 1 spiro atoms. The maximum atomic E-state index is 11.5. The summed E-state index contributed by atoms with van der Waals surface area (Å²) in [6, 6.07) is 0. The molecule has 60 valence electrons. The van der Waals surface area contributed by atoms with E-state index in [2.05, 4.69) is 17.5 Å². The highest BCUT2D eigenvalue weighted by Crippen LogP contribution is 2.27. The van der Waals surface area contributed by atoms with Crippen LogP contribution in [0.15, 0.2) is 12.2 Å². The minimum atomic E-state index is -0.238. The van der Waals surface area contributed by atoms with E-state index in [0.717, 1.165) is 32.2 Å². The number of allylic oxidation sites excluding steroid dienone is 1. The van der Waals surface area contributed by atoms with Gasteiger partial charge in [0.05, 0.1) is 5.54 Å². The molecule has 2 aliphatic rings. The van der Waals surface area contributed by atoms with Crippen LogP contribution in [0.5, 0.6) is 0 Å². The summed E-state index contributed by atoms with van der Waals surface area (Å²) in [5.74, 6) is 0.387. The third kappa shape index (κ3) is 1.02. The first-order chi connectivity index (χ1) is 5.33. The van der Waals surface area contributed by atoms with Gasteiger partial charge in [0.1, 0.15) is 0 Å². The van der Waals surface area contributed by atoms with E-state index in [0.29, 0.717) is 5.78 Å². The van der Waals surface area contributed by atoms with E-state index < -0.39 is 0 Å². The van der Waals surface area contributed by atoms with Crippen molar-refractivity contribution in [1.82, 2.24) is 5.32 Å². The quantitative estimate of drug-likeness (QED) is 0.524. The van der Waals surface area contributed by atoms with Gasteiger partial charge < -0.3 is 5.32 Å². The van der Waals surface area contributed by atoms with Gasteiger partial charge >= 0.3 is 0 Å². The fraction of sp³-hybridized carbons (Fsp3) is 0.667. The number of rotatable bonds is 0. The number of Topliss-reactive ketones (excluding diaryl/α,β-unsaturated/α-hetero) is 1. The molecule has 1 aliphatic heterocycles. The molecule has 1 atom stereocenters. The van der Waals surface area contributed by atoms with Crippen molar-refractivity contribution in [1.29, 1.82) is 0 Å². The lowest BCUT2D eigenvalue weighted by molar-refractivity contribution is -0.123. The van der Waals surface area contributed by atoms with Crippen molar-refractivity contribution in [2.75, 3.05) is 6.54 Å². The van der Waals surface area contributed by atoms with Gasteiger partial charge in [-0.05, 0) is 25.8 Å². The fourth-order valence-corrected chi connectivity index (χ4v) is 1.96. The summed E-state index contributed by atoms with van der Waals surface area (Å²) in [6.45, 7) is 0.996. The van der Waals surface area contributed by atoms with Crippen LogP contribution < -0.4 is 5.32 Å². The third-order valence-electron chi connectivity index (χ3n) is 2.63. The number of carbonyl (C=O) groups is 1. The zero-order chi connectivity index (χ0) is 7.73. The lowest BCUT2D eigenvalue weighted by atomic mass is 9.85. The van der Waals surface area contributed by atoms with Gasteiger partial charge in [0, 0.05) is 6.42 Å². The van der Waals surface area contributed by atoms with Crippen molar-refractivity contribution < 1.29 is 4.79 Å². The summed E-state index contributed by atoms with van der Waals surface area (Å²) < 4.78 is 0. The molecule has 0 aromatic carbocycles. The zero-order valence-corrected chi connectivity index (χ0v) is 6.60. The van der Waals surface area contributed by atoms with Crippen molar-refractivity contribution in [3.8, 4) is 0 Å².